The summed E-state index contributed by atoms with van der Waals surface area (Å²) in [4.78, 5) is 8.31. The predicted octanol–water partition coefficient (Wildman–Crippen LogP) is 2.37. The minimum Gasteiger partial charge on any atom is -0.329 e. The highest BCUT2D eigenvalue weighted by Gasteiger charge is 2.01. The second kappa shape index (κ2) is 4.45. The molecule has 4 heteroatoms. The molecule has 0 aliphatic rings. The molecule has 0 amide bonds. The van der Waals surface area contributed by atoms with Gasteiger partial charge >= 0.3 is 0 Å². The average molecular weight is 222 g/mol. The van der Waals surface area contributed by atoms with E-state index in [1.54, 1.807) is 12.5 Å². The summed E-state index contributed by atoms with van der Waals surface area (Å²) < 4.78 is 2.03. The summed E-state index contributed by atoms with van der Waals surface area (Å²) in [6, 6.07) is 4.08. The van der Waals surface area contributed by atoms with Crippen molar-refractivity contribution >= 4 is 11.6 Å². The maximum absolute atomic E-state index is 5.79. The highest BCUT2D eigenvalue weighted by molar-refractivity contribution is 6.16. The standard InChI is InChI=1S/C11H12ClN3/c1-9-2-3-10(5-14-9)7-15-8-13-6-11(15)4-12/h2-3,5-6,8H,4,7H2,1H3. The van der Waals surface area contributed by atoms with E-state index in [-0.39, 0.29) is 0 Å². The number of halogens is 1. The highest BCUT2D eigenvalue weighted by atomic mass is 35.5. The molecule has 0 aliphatic heterocycles. The lowest BCUT2D eigenvalue weighted by atomic mass is 10.2. The van der Waals surface area contributed by atoms with Gasteiger partial charge in [-0.25, -0.2) is 4.98 Å². The molecule has 0 radical (unpaired) electrons. The molecule has 0 bridgehead atoms. The Morgan fingerprint density at radius 3 is 2.87 bits per heavy atom. The molecule has 15 heavy (non-hydrogen) atoms. The largest absolute Gasteiger partial charge is 0.329 e. The summed E-state index contributed by atoms with van der Waals surface area (Å²) in [6.07, 6.45) is 5.46. The van der Waals surface area contributed by atoms with Crippen LogP contribution in [0.2, 0.25) is 0 Å². The van der Waals surface area contributed by atoms with Crippen LogP contribution in [0.3, 0.4) is 0 Å². The van der Waals surface area contributed by atoms with Crippen LogP contribution in [0.1, 0.15) is 17.0 Å². The summed E-state index contributed by atoms with van der Waals surface area (Å²) >= 11 is 5.79. The Bertz CT molecular complexity index is 433. The Balaban J connectivity index is 2.18. The van der Waals surface area contributed by atoms with Gasteiger partial charge in [0.05, 0.1) is 24.4 Å². The smallest absolute Gasteiger partial charge is 0.0951 e. The van der Waals surface area contributed by atoms with Gasteiger partial charge in [0, 0.05) is 18.1 Å². The molecule has 0 spiro atoms. The van der Waals surface area contributed by atoms with Crippen molar-refractivity contribution in [3.63, 3.8) is 0 Å². The average Bonchev–Trinajstić information content (AvgIpc) is 2.69. The van der Waals surface area contributed by atoms with E-state index in [9.17, 15) is 0 Å². The third-order valence-corrected chi connectivity index (χ3v) is 2.53. The Kier molecular flexibility index (Phi) is 3.02. The van der Waals surface area contributed by atoms with E-state index in [4.69, 9.17) is 11.6 Å². The monoisotopic (exact) mass is 221 g/mol. The SMILES string of the molecule is Cc1ccc(Cn2cncc2CCl)cn1. The van der Waals surface area contributed by atoms with Gasteiger partial charge in [0.15, 0.2) is 0 Å². The van der Waals surface area contributed by atoms with Crippen LogP contribution in [0, 0.1) is 6.92 Å². The van der Waals surface area contributed by atoms with Gasteiger partial charge in [-0.2, -0.15) is 0 Å². The topological polar surface area (TPSA) is 30.7 Å². The number of aryl methyl sites for hydroxylation is 1. The normalized spacial score (nSPS) is 10.5. The third-order valence-electron chi connectivity index (χ3n) is 2.26. The molecule has 0 aromatic carbocycles. The molecule has 78 valence electrons. The number of aromatic nitrogens is 3. The van der Waals surface area contributed by atoms with Gasteiger partial charge in [0.2, 0.25) is 0 Å². The molecule has 0 unspecified atom stereocenters. The van der Waals surface area contributed by atoms with E-state index in [1.807, 2.05) is 23.8 Å². The maximum Gasteiger partial charge on any atom is 0.0951 e. The van der Waals surface area contributed by atoms with Crippen LogP contribution in [-0.4, -0.2) is 14.5 Å². The van der Waals surface area contributed by atoms with E-state index >= 15 is 0 Å². The van der Waals surface area contributed by atoms with Crippen molar-refractivity contribution in [1.82, 2.24) is 14.5 Å². The van der Waals surface area contributed by atoms with Gasteiger partial charge in [-0.1, -0.05) is 6.07 Å². The van der Waals surface area contributed by atoms with Crippen molar-refractivity contribution in [2.45, 2.75) is 19.3 Å². The van der Waals surface area contributed by atoms with Gasteiger partial charge in [0.25, 0.3) is 0 Å². The molecule has 0 N–H and O–H groups in total. The number of pyridine rings is 1. The lowest BCUT2D eigenvalue weighted by molar-refractivity contribution is 0.761. The van der Waals surface area contributed by atoms with E-state index < -0.39 is 0 Å². The van der Waals surface area contributed by atoms with E-state index in [1.165, 1.54) is 0 Å². The van der Waals surface area contributed by atoms with Crippen molar-refractivity contribution in [2.75, 3.05) is 0 Å². The van der Waals surface area contributed by atoms with Crippen molar-refractivity contribution in [3.8, 4) is 0 Å². The second-order valence-electron chi connectivity index (χ2n) is 3.45. The fourth-order valence-corrected chi connectivity index (χ4v) is 1.61. The first-order valence-electron chi connectivity index (χ1n) is 4.76. The number of alkyl halides is 1. The Morgan fingerprint density at radius 2 is 2.20 bits per heavy atom. The summed E-state index contributed by atoms with van der Waals surface area (Å²) in [5.74, 6) is 0.485. The predicted molar refractivity (Wildman–Crippen MR) is 59.9 cm³/mol. The van der Waals surface area contributed by atoms with Gasteiger partial charge in [-0.3, -0.25) is 4.98 Å². The van der Waals surface area contributed by atoms with Gasteiger partial charge < -0.3 is 4.57 Å². The summed E-state index contributed by atoms with van der Waals surface area (Å²) in [6.45, 7) is 2.75. The molecule has 0 saturated heterocycles. The number of imidazole rings is 1. The van der Waals surface area contributed by atoms with Gasteiger partial charge in [-0.15, -0.1) is 11.6 Å². The summed E-state index contributed by atoms with van der Waals surface area (Å²) in [7, 11) is 0. The van der Waals surface area contributed by atoms with Crippen LogP contribution in [0.4, 0.5) is 0 Å². The Hall–Kier alpha value is -1.35. The zero-order chi connectivity index (χ0) is 10.7. The Labute approximate surface area is 93.7 Å². The molecule has 0 saturated carbocycles. The number of hydrogen-bond donors (Lipinski definition) is 0. The van der Waals surface area contributed by atoms with Gasteiger partial charge in [0.1, 0.15) is 0 Å². The number of rotatable bonds is 3. The van der Waals surface area contributed by atoms with E-state index in [2.05, 4.69) is 16.0 Å². The number of hydrogen-bond acceptors (Lipinski definition) is 2. The van der Waals surface area contributed by atoms with E-state index in [0.717, 1.165) is 23.5 Å². The van der Waals surface area contributed by atoms with Crippen molar-refractivity contribution in [1.29, 1.82) is 0 Å². The molecular formula is C11H12ClN3. The Morgan fingerprint density at radius 1 is 1.33 bits per heavy atom. The minimum atomic E-state index is 0.485. The quantitative estimate of drug-likeness (QED) is 0.746. The second-order valence-corrected chi connectivity index (χ2v) is 3.72. The van der Waals surface area contributed by atoms with E-state index in [0.29, 0.717) is 5.88 Å². The van der Waals surface area contributed by atoms with Crippen molar-refractivity contribution < 1.29 is 0 Å². The molecule has 2 aromatic heterocycles. The first-order chi connectivity index (χ1) is 7.29. The fourth-order valence-electron chi connectivity index (χ4n) is 1.39. The third kappa shape index (κ3) is 2.36. The maximum atomic E-state index is 5.79. The molecule has 0 fully saturated rings. The van der Waals surface area contributed by atoms with Gasteiger partial charge in [-0.05, 0) is 18.6 Å². The minimum absolute atomic E-state index is 0.485. The molecule has 2 rings (SSSR count). The lowest BCUT2D eigenvalue weighted by Crippen LogP contribution is -2.02. The lowest BCUT2D eigenvalue weighted by Gasteiger charge is -2.05. The summed E-state index contributed by atoms with van der Waals surface area (Å²) in [5.41, 5.74) is 3.21. The molecule has 0 aliphatic carbocycles. The first-order valence-corrected chi connectivity index (χ1v) is 5.29. The zero-order valence-corrected chi connectivity index (χ0v) is 9.28. The highest BCUT2D eigenvalue weighted by Crippen LogP contribution is 2.07. The molecule has 2 heterocycles. The molecule has 0 atom stereocenters. The van der Waals surface area contributed by atoms with Crippen LogP contribution in [0.5, 0.6) is 0 Å². The molecular weight excluding hydrogens is 210 g/mol. The van der Waals surface area contributed by atoms with Crippen LogP contribution in [0.15, 0.2) is 30.9 Å². The van der Waals surface area contributed by atoms with Crippen LogP contribution in [-0.2, 0) is 12.4 Å². The number of nitrogens with zero attached hydrogens (tertiary/aromatic N) is 3. The zero-order valence-electron chi connectivity index (χ0n) is 8.52. The molecule has 2 aromatic rings. The summed E-state index contributed by atoms with van der Waals surface area (Å²) in [5, 5.41) is 0. The van der Waals surface area contributed by atoms with Crippen LogP contribution in [0.25, 0.3) is 0 Å². The fraction of sp³-hybridized carbons (Fsp3) is 0.273. The van der Waals surface area contributed by atoms with Crippen LogP contribution >= 0.6 is 11.6 Å². The van der Waals surface area contributed by atoms with Crippen LogP contribution < -0.4 is 0 Å². The van der Waals surface area contributed by atoms with Crippen molar-refractivity contribution in [2.24, 2.45) is 0 Å². The van der Waals surface area contributed by atoms with Crippen molar-refractivity contribution in [3.05, 3.63) is 47.8 Å². The first kappa shape index (κ1) is 10.2. The molecule has 3 nitrogen and oxygen atoms in total.